The maximum Gasteiger partial charge on any atom is 0.257 e. The number of rotatable bonds is 2. The van der Waals surface area contributed by atoms with Gasteiger partial charge in [-0.05, 0) is 12.1 Å². The molecule has 4 nitrogen and oxygen atoms in total. The predicted octanol–water partition coefficient (Wildman–Crippen LogP) is 1.34. The molecule has 0 aliphatic carbocycles. The van der Waals surface area contributed by atoms with E-state index in [0.29, 0.717) is 5.56 Å². The fourth-order valence-corrected chi connectivity index (χ4v) is 2.76. The number of amides is 1. The van der Waals surface area contributed by atoms with E-state index >= 15 is 0 Å². The van der Waals surface area contributed by atoms with Gasteiger partial charge in [-0.25, -0.2) is 4.98 Å². The molecule has 0 atom stereocenters. The lowest BCUT2D eigenvalue weighted by atomic mass is 10.2. The molecule has 1 aliphatic rings. The third kappa shape index (κ3) is 2.72. The Morgan fingerprint density at radius 3 is 2.76 bits per heavy atom. The molecule has 0 aromatic carbocycles. The lowest BCUT2D eigenvalue weighted by Gasteiger charge is -2.27. The van der Waals surface area contributed by atoms with Crippen LogP contribution >= 0.6 is 11.8 Å². The molecule has 0 spiro atoms. The van der Waals surface area contributed by atoms with Crippen LogP contribution in [0.5, 0.6) is 0 Å². The van der Waals surface area contributed by atoms with Crippen molar-refractivity contribution in [2.24, 2.45) is 0 Å². The molecule has 1 amide bonds. The summed E-state index contributed by atoms with van der Waals surface area (Å²) in [4.78, 5) is 20.4. The van der Waals surface area contributed by atoms with Crippen molar-refractivity contribution in [1.29, 1.82) is 0 Å². The molecule has 1 fully saturated rings. The molecule has 1 aromatic rings. The van der Waals surface area contributed by atoms with Crippen molar-refractivity contribution < 1.29 is 4.79 Å². The first-order valence-electron chi connectivity index (χ1n) is 5.69. The molecular formula is C12H17N3OS. The number of hydrogen-bond acceptors (Lipinski definition) is 4. The topological polar surface area (TPSA) is 36.4 Å². The first kappa shape index (κ1) is 12.2. The Bertz CT molecular complexity index is 402. The van der Waals surface area contributed by atoms with Gasteiger partial charge in [-0.15, -0.1) is 0 Å². The van der Waals surface area contributed by atoms with E-state index in [4.69, 9.17) is 0 Å². The van der Waals surface area contributed by atoms with Gasteiger partial charge in [-0.1, -0.05) is 0 Å². The van der Waals surface area contributed by atoms with Crippen molar-refractivity contribution >= 4 is 23.5 Å². The lowest BCUT2D eigenvalue weighted by Crippen LogP contribution is -2.38. The molecule has 1 aliphatic heterocycles. The van der Waals surface area contributed by atoms with Crippen LogP contribution in [-0.2, 0) is 0 Å². The van der Waals surface area contributed by atoms with Crippen molar-refractivity contribution in [3.05, 3.63) is 23.9 Å². The highest BCUT2D eigenvalue weighted by Crippen LogP contribution is 2.19. The summed E-state index contributed by atoms with van der Waals surface area (Å²) >= 11 is 1.90. The quantitative estimate of drug-likeness (QED) is 0.795. The number of carbonyl (C=O) groups excluding carboxylic acids is 1. The number of thioether (sulfide) groups is 1. The van der Waals surface area contributed by atoms with Crippen LogP contribution in [0.1, 0.15) is 10.4 Å². The number of pyridine rings is 1. The van der Waals surface area contributed by atoms with Crippen molar-refractivity contribution in [3.8, 4) is 0 Å². The highest BCUT2D eigenvalue weighted by atomic mass is 32.2. The van der Waals surface area contributed by atoms with Crippen LogP contribution in [0.3, 0.4) is 0 Å². The van der Waals surface area contributed by atoms with Crippen molar-refractivity contribution in [2.45, 2.75) is 0 Å². The Morgan fingerprint density at radius 2 is 2.12 bits per heavy atom. The number of aromatic nitrogens is 1. The number of carbonyl (C=O) groups is 1. The van der Waals surface area contributed by atoms with Gasteiger partial charge < -0.3 is 9.80 Å². The molecule has 2 heterocycles. The molecule has 5 heteroatoms. The predicted molar refractivity (Wildman–Crippen MR) is 71.8 cm³/mol. The van der Waals surface area contributed by atoms with Gasteiger partial charge in [0.1, 0.15) is 5.82 Å². The zero-order valence-corrected chi connectivity index (χ0v) is 11.0. The van der Waals surface area contributed by atoms with Crippen LogP contribution in [0.25, 0.3) is 0 Å². The monoisotopic (exact) mass is 251 g/mol. The van der Waals surface area contributed by atoms with Gasteiger partial charge in [0.05, 0.1) is 5.56 Å². The Kier molecular flexibility index (Phi) is 3.89. The summed E-state index contributed by atoms with van der Waals surface area (Å²) in [6.07, 6.45) is 1.72. The second-order valence-electron chi connectivity index (χ2n) is 4.17. The molecule has 0 saturated carbocycles. The van der Waals surface area contributed by atoms with Gasteiger partial charge in [-0.3, -0.25) is 4.79 Å². The summed E-state index contributed by atoms with van der Waals surface area (Å²) in [6.45, 7) is 1.68. The maximum atomic E-state index is 12.4. The average Bonchev–Trinajstić information content (AvgIpc) is 2.39. The second kappa shape index (κ2) is 5.40. The van der Waals surface area contributed by atoms with E-state index in [1.54, 1.807) is 6.20 Å². The van der Waals surface area contributed by atoms with Gasteiger partial charge in [0.2, 0.25) is 0 Å². The molecule has 17 heavy (non-hydrogen) atoms. The summed E-state index contributed by atoms with van der Waals surface area (Å²) in [6, 6.07) is 3.67. The van der Waals surface area contributed by atoms with Crippen molar-refractivity contribution in [2.75, 3.05) is 43.6 Å². The molecule has 2 rings (SSSR count). The zero-order chi connectivity index (χ0) is 12.3. The smallest absolute Gasteiger partial charge is 0.257 e. The van der Waals surface area contributed by atoms with E-state index in [9.17, 15) is 4.79 Å². The Labute approximate surface area is 106 Å². The van der Waals surface area contributed by atoms with E-state index in [1.807, 2.05) is 47.8 Å². The fourth-order valence-electron chi connectivity index (χ4n) is 1.86. The number of hydrogen-bond donors (Lipinski definition) is 0. The van der Waals surface area contributed by atoms with E-state index < -0.39 is 0 Å². The third-order valence-corrected chi connectivity index (χ3v) is 3.68. The second-order valence-corrected chi connectivity index (χ2v) is 5.40. The summed E-state index contributed by atoms with van der Waals surface area (Å²) < 4.78 is 0. The highest BCUT2D eigenvalue weighted by Gasteiger charge is 2.21. The van der Waals surface area contributed by atoms with E-state index in [2.05, 4.69) is 4.98 Å². The van der Waals surface area contributed by atoms with Crippen LogP contribution in [0, 0.1) is 0 Å². The van der Waals surface area contributed by atoms with E-state index in [-0.39, 0.29) is 5.91 Å². The van der Waals surface area contributed by atoms with Crippen LogP contribution in [0.4, 0.5) is 5.82 Å². The normalized spacial score (nSPS) is 15.8. The Balaban J connectivity index is 2.23. The highest BCUT2D eigenvalue weighted by molar-refractivity contribution is 7.99. The number of anilines is 1. The number of nitrogens with zero attached hydrogens (tertiary/aromatic N) is 3. The minimum absolute atomic E-state index is 0.0992. The summed E-state index contributed by atoms with van der Waals surface area (Å²) in [5.74, 6) is 2.91. The van der Waals surface area contributed by atoms with Crippen LogP contribution in [-0.4, -0.2) is 54.5 Å². The third-order valence-electron chi connectivity index (χ3n) is 2.74. The average molecular weight is 251 g/mol. The van der Waals surface area contributed by atoms with Crippen molar-refractivity contribution in [3.63, 3.8) is 0 Å². The van der Waals surface area contributed by atoms with Gasteiger partial charge in [-0.2, -0.15) is 11.8 Å². The Morgan fingerprint density at radius 1 is 1.41 bits per heavy atom. The Hall–Kier alpha value is -1.23. The molecule has 0 N–H and O–H groups in total. The maximum absolute atomic E-state index is 12.4. The molecule has 0 radical (unpaired) electrons. The first-order chi connectivity index (χ1) is 8.20. The van der Waals surface area contributed by atoms with Crippen LogP contribution < -0.4 is 4.90 Å². The van der Waals surface area contributed by atoms with Gasteiger partial charge >= 0.3 is 0 Å². The minimum Gasteiger partial charge on any atom is -0.362 e. The van der Waals surface area contributed by atoms with Gasteiger partial charge in [0.25, 0.3) is 5.91 Å². The molecule has 1 saturated heterocycles. The molecule has 0 unspecified atom stereocenters. The largest absolute Gasteiger partial charge is 0.362 e. The molecule has 92 valence electrons. The zero-order valence-electron chi connectivity index (χ0n) is 10.2. The summed E-state index contributed by atoms with van der Waals surface area (Å²) in [5, 5.41) is 0. The standard InChI is InChI=1S/C12H17N3OS/c1-14(2)11-10(4-3-5-13-11)12(16)15-6-8-17-9-7-15/h3-5H,6-9H2,1-2H3. The summed E-state index contributed by atoms with van der Waals surface area (Å²) in [5.41, 5.74) is 0.699. The molecule has 0 bridgehead atoms. The van der Waals surface area contributed by atoms with Gasteiger partial charge in [0.15, 0.2) is 0 Å². The minimum atomic E-state index is 0.0992. The van der Waals surface area contributed by atoms with Crippen LogP contribution in [0.15, 0.2) is 18.3 Å². The lowest BCUT2D eigenvalue weighted by molar-refractivity contribution is 0.0772. The fraction of sp³-hybridized carbons (Fsp3) is 0.500. The summed E-state index contributed by atoms with van der Waals surface area (Å²) in [7, 11) is 3.82. The SMILES string of the molecule is CN(C)c1ncccc1C(=O)N1CCSCC1. The van der Waals surface area contributed by atoms with Crippen LogP contribution in [0.2, 0.25) is 0 Å². The van der Waals surface area contributed by atoms with Crippen molar-refractivity contribution in [1.82, 2.24) is 9.88 Å². The first-order valence-corrected chi connectivity index (χ1v) is 6.85. The molecular weight excluding hydrogens is 234 g/mol. The molecule has 1 aromatic heterocycles. The van der Waals surface area contributed by atoms with E-state index in [0.717, 1.165) is 30.4 Å². The van der Waals surface area contributed by atoms with Gasteiger partial charge in [0, 0.05) is 44.9 Å². The van der Waals surface area contributed by atoms with E-state index in [1.165, 1.54) is 0 Å².